The minimum atomic E-state index is -0.374. The summed E-state index contributed by atoms with van der Waals surface area (Å²) in [6.07, 6.45) is 7.86. The van der Waals surface area contributed by atoms with E-state index >= 15 is 0 Å². The molecule has 6 nitrogen and oxygen atoms in total. The quantitative estimate of drug-likeness (QED) is 0.707. The Hall–Kier alpha value is -3.09. The highest BCUT2D eigenvalue weighted by molar-refractivity contribution is 5.92. The number of aryl methyl sites for hydroxylation is 1. The highest BCUT2D eigenvalue weighted by Gasteiger charge is 2.21. The van der Waals surface area contributed by atoms with Crippen LogP contribution in [0.25, 0.3) is 11.3 Å². The van der Waals surface area contributed by atoms with Gasteiger partial charge in [-0.05, 0) is 31.5 Å². The second kappa shape index (κ2) is 7.43. The van der Waals surface area contributed by atoms with Crippen molar-refractivity contribution in [2.75, 3.05) is 0 Å². The maximum Gasteiger partial charge on any atom is 0.274 e. The van der Waals surface area contributed by atoms with E-state index in [0.29, 0.717) is 23.5 Å². The topological polar surface area (TPSA) is 63.9 Å². The van der Waals surface area contributed by atoms with Crippen LogP contribution in [0.2, 0.25) is 0 Å². The third kappa shape index (κ3) is 3.77. The van der Waals surface area contributed by atoms with Gasteiger partial charge in [-0.15, -0.1) is 0 Å². The zero-order valence-electron chi connectivity index (χ0n) is 14.9. The lowest BCUT2D eigenvalue weighted by Crippen LogP contribution is -2.36. The number of hydrogen-bond donors (Lipinski definition) is 0. The molecule has 1 aromatic carbocycles. The van der Waals surface area contributed by atoms with E-state index in [2.05, 4.69) is 15.0 Å². The van der Waals surface area contributed by atoms with Crippen LogP contribution in [0.3, 0.4) is 0 Å². The van der Waals surface area contributed by atoms with Gasteiger partial charge in [0, 0.05) is 43.8 Å². The van der Waals surface area contributed by atoms with E-state index in [0.717, 1.165) is 5.56 Å². The van der Waals surface area contributed by atoms with Crippen molar-refractivity contribution in [3.63, 3.8) is 0 Å². The number of hydrogen-bond acceptors (Lipinski definition) is 4. The molecule has 0 fully saturated rings. The second-order valence-electron chi connectivity index (χ2n) is 6.36. The first kappa shape index (κ1) is 17.7. The number of halogens is 1. The third-order valence-electron chi connectivity index (χ3n) is 4.03. The molecule has 0 N–H and O–H groups in total. The molecule has 0 unspecified atom stereocenters. The number of amides is 1. The van der Waals surface area contributed by atoms with E-state index in [4.69, 9.17) is 0 Å². The minimum absolute atomic E-state index is 0.0328. The number of imidazole rings is 1. The molecule has 0 saturated heterocycles. The maximum atomic E-state index is 14.2. The molecule has 3 rings (SSSR count). The maximum absolute atomic E-state index is 14.2. The fourth-order valence-corrected chi connectivity index (χ4v) is 2.66. The van der Waals surface area contributed by atoms with Gasteiger partial charge in [0.2, 0.25) is 0 Å². The number of carbonyl (C=O) groups is 1. The standard InChI is InChI=1S/C19H20FN5O/c1-13(2)25(19(26)18-11-24(3)12-23-18)10-14-4-5-16(20)15(8-14)17-9-21-6-7-22-17/h4-9,11-13H,10H2,1-3H3. The SMILES string of the molecule is CC(C)N(Cc1ccc(F)c(-c2cnccn2)c1)C(=O)c1cn(C)cn1. The molecule has 0 aliphatic heterocycles. The van der Waals surface area contributed by atoms with Gasteiger partial charge in [0.05, 0.1) is 18.2 Å². The molecule has 26 heavy (non-hydrogen) atoms. The number of nitrogens with zero attached hydrogens (tertiary/aromatic N) is 5. The summed E-state index contributed by atoms with van der Waals surface area (Å²) < 4.78 is 15.9. The summed E-state index contributed by atoms with van der Waals surface area (Å²) in [5.41, 5.74) is 2.02. The van der Waals surface area contributed by atoms with Crippen molar-refractivity contribution in [2.24, 2.45) is 7.05 Å². The monoisotopic (exact) mass is 353 g/mol. The first-order valence-corrected chi connectivity index (χ1v) is 8.29. The smallest absolute Gasteiger partial charge is 0.274 e. The normalized spacial score (nSPS) is 11.0. The zero-order valence-corrected chi connectivity index (χ0v) is 14.9. The molecule has 0 aliphatic rings. The van der Waals surface area contributed by atoms with E-state index in [9.17, 15) is 9.18 Å². The Morgan fingerprint density at radius 1 is 1.27 bits per heavy atom. The van der Waals surface area contributed by atoms with Gasteiger partial charge >= 0.3 is 0 Å². The molecular weight excluding hydrogens is 333 g/mol. The summed E-state index contributed by atoms with van der Waals surface area (Å²) in [7, 11) is 1.82. The molecule has 0 spiro atoms. The van der Waals surface area contributed by atoms with Crippen LogP contribution in [0.1, 0.15) is 29.9 Å². The molecule has 0 aliphatic carbocycles. The highest BCUT2D eigenvalue weighted by atomic mass is 19.1. The number of carbonyl (C=O) groups excluding carboxylic acids is 1. The molecular formula is C19H20FN5O. The molecule has 0 atom stereocenters. The van der Waals surface area contributed by atoms with E-state index in [-0.39, 0.29) is 17.8 Å². The van der Waals surface area contributed by atoms with Gasteiger partial charge in [-0.3, -0.25) is 14.8 Å². The Bertz CT molecular complexity index is 907. The Kier molecular flexibility index (Phi) is 5.06. The predicted molar refractivity (Wildman–Crippen MR) is 95.6 cm³/mol. The molecule has 3 aromatic rings. The molecule has 2 aromatic heterocycles. The second-order valence-corrected chi connectivity index (χ2v) is 6.36. The van der Waals surface area contributed by atoms with E-state index < -0.39 is 0 Å². The van der Waals surface area contributed by atoms with E-state index in [1.807, 2.05) is 20.9 Å². The minimum Gasteiger partial charge on any atom is -0.340 e. The van der Waals surface area contributed by atoms with Crippen LogP contribution in [0.5, 0.6) is 0 Å². The number of rotatable bonds is 5. The number of aromatic nitrogens is 4. The van der Waals surface area contributed by atoms with Crippen LogP contribution in [0, 0.1) is 5.82 Å². The van der Waals surface area contributed by atoms with Crippen molar-refractivity contribution in [2.45, 2.75) is 26.4 Å². The molecule has 134 valence electrons. The van der Waals surface area contributed by atoms with Crippen molar-refractivity contribution < 1.29 is 9.18 Å². The van der Waals surface area contributed by atoms with Crippen molar-refractivity contribution in [3.8, 4) is 11.3 Å². The van der Waals surface area contributed by atoms with Gasteiger partial charge in [0.15, 0.2) is 0 Å². The average Bonchev–Trinajstić information content (AvgIpc) is 3.07. The Morgan fingerprint density at radius 2 is 2.08 bits per heavy atom. The lowest BCUT2D eigenvalue weighted by molar-refractivity contribution is 0.0684. The largest absolute Gasteiger partial charge is 0.340 e. The highest BCUT2D eigenvalue weighted by Crippen LogP contribution is 2.23. The van der Waals surface area contributed by atoms with Crippen LogP contribution in [0.4, 0.5) is 4.39 Å². The lowest BCUT2D eigenvalue weighted by atomic mass is 10.1. The summed E-state index contributed by atoms with van der Waals surface area (Å²) in [6, 6.07) is 4.74. The van der Waals surface area contributed by atoms with Gasteiger partial charge in [-0.1, -0.05) is 6.07 Å². The van der Waals surface area contributed by atoms with Crippen molar-refractivity contribution in [1.29, 1.82) is 0 Å². The molecule has 1 amide bonds. The lowest BCUT2D eigenvalue weighted by Gasteiger charge is -2.26. The first-order chi connectivity index (χ1) is 12.5. The van der Waals surface area contributed by atoms with Gasteiger partial charge in [-0.25, -0.2) is 9.37 Å². The van der Waals surface area contributed by atoms with Crippen LogP contribution in [0.15, 0.2) is 49.3 Å². The summed E-state index contributed by atoms with van der Waals surface area (Å²) in [6.45, 7) is 4.22. The third-order valence-corrected chi connectivity index (χ3v) is 4.03. The molecule has 7 heteroatoms. The Balaban J connectivity index is 1.89. The summed E-state index contributed by atoms with van der Waals surface area (Å²) in [5.74, 6) is -0.535. The van der Waals surface area contributed by atoms with E-state index in [1.165, 1.54) is 24.7 Å². The Morgan fingerprint density at radius 3 is 2.69 bits per heavy atom. The van der Waals surface area contributed by atoms with Gasteiger partial charge < -0.3 is 9.47 Å². The van der Waals surface area contributed by atoms with Crippen LogP contribution in [-0.4, -0.2) is 36.4 Å². The summed E-state index contributed by atoms with van der Waals surface area (Å²) in [4.78, 5) is 26.8. The number of benzene rings is 1. The van der Waals surface area contributed by atoms with Gasteiger partial charge in [-0.2, -0.15) is 0 Å². The van der Waals surface area contributed by atoms with Gasteiger partial charge in [0.25, 0.3) is 5.91 Å². The van der Waals surface area contributed by atoms with Crippen LogP contribution in [-0.2, 0) is 13.6 Å². The Labute approximate surface area is 151 Å². The van der Waals surface area contributed by atoms with Crippen LogP contribution < -0.4 is 0 Å². The molecule has 0 bridgehead atoms. The van der Waals surface area contributed by atoms with E-state index in [1.54, 1.807) is 34.1 Å². The first-order valence-electron chi connectivity index (χ1n) is 8.29. The van der Waals surface area contributed by atoms with Crippen LogP contribution >= 0.6 is 0 Å². The summed E-state index contributed by atoms with van der Waals surface area (Å²) >= 11 is 0. The average molecular weight is 353 g/mol. The predicted octanol–water partition coefficient (Wildman–Crippen LogP) is 3.07. The fraction of sp³-hybridized carbons (Fsp3) is 0.263. The zero-order chi connectivity index (χ0) is 18.7. The van der Waals surface area contributed by atoms with Gasteiger partial charge in [0.1, 0.15) is 11.5 Å². The van der Waals surface area contributed by atoms with Crippen molar-refractivity contribution >= 4 is 5.91 Å². The fourth-order valence-electron chi connectivity index (χ4n) is 2.66. The van der Waals surface area contributed by atoms with Crippen molar-refractivity contribution in [1.82, 2.24) is 24.4 Å². The molecule has 0 radical (unpaired) electrons. The molecule has 2 heterocycles. The van der Waals surface area contributed by atoms with Crippen molar-refractivity contribution in [3.05, 3.63) is 66.4 Å². The molecule has 0 saturated carbocycles. The summed E-state index contributed by atoms with van der Waals surface area (Å²) in [5, 5.41) is 0.